The second-order valence-corrected chi connectivity index (χ2v) is 5.90. The Morgan fingerprint density at radius 3 is 2.88 bits per heavy atom. The maximum atomic E-state index is 5.88. The van der Waals surface area contributed by atoms with Gasteiger partial charge in [0.15, 0.2) is 0 Å². The predicted molar refractivity (Wildman–Crippen MR) is 90.7 cm³/mol. The van der Waals surface area contributed by atoms with E-state index < -0.39 is 0 Å². The molecule has 0 radical (unpaired) electrons. The van der Waals surface area contributed by atoms with Gasteiger partial charge >= 0.3 is 0 Å². The molecule has 1 aliphatic carbocycles. The lowest BCUT2D eigenvalue weighted by Crippen LogP contribution is -1.98. The van der Waals surface area contributed by atoms with Crippen molar-refractivity contribution in [1.82, 2.24) is 15.0 Å². The van der Waals surface area contributed by atoms with E-state index in [2.05, 4.69) is 22.4 Å². The molecule has 122 valence electrons. The van der Waals surface area contributed by atoms with E-state index in [4.69, 9.17) is 9.47 Å². The molecule has 0 fully saturated rings. The molecule has 2 aromatic carbocycles. The van der Waals surface area contributed by atoms with Gasteiger partial charge in [0, 0.05) is 0 Å². The van der Waals surface area contributed by atoms with E-state index in [0.29, 0.717) is 6.61 Å². The van der Waals surface area contributed by atoms with Gasteiger partial charge < -0.3 is 9.47 Å². The standard InChI is InChI=1S/C19H19N3O2/c1-23-19-8-3-2-7-18(19)22-12-16(20-21-22)13-24-17-10-9-14-5-4-6-15(14)11-17/h2-3,7-12H,4-6,13H2,1H3. The third-order valence-corrected chi connectivity index (χ3v) is 4.33. The Hall–Kier alpha value is -2.82. The number of nitrogens with zero attached hydrogens (tertiary/aromatic N) is 3. The van der Waals surface area contributed by atoms with Crippen LogP contribution in [-0.2, 0) is 19.4 Å². The minimum absolute atomic E-state index is 0.397. The van der Waals surface area contributed by atoms with Gasteiger partial charge in [0.05, 0.1) is 13.3 Å². The molecule has 0 saturated carbocycles. The number of para-hydroxylation sites is 2. The minimum Gasteiger partial charge on any atom is -0.494 e. The van der Waals surface area contributed by atoms with E-state index in [1.54, 1.807) is 11.8 Å². The van der Waals surface area contributed by atoms with E-state index >= 15 is 0 Å². The highest BCUT2D eigenvalue weighted by Crippen LogP contribution is 2.26. The maximum absolute atomic E-state index is 5.88. The molecule has 0 bridgehead atoms. The lowest BCUT2D eigenvalue weighted by Gasteiger charge is -2.07. The fourth-order valence-electron chi connectivity index (χ4n) is 3.10. The summed E-state index contributed by atoms with van der Waals surface area (Å²) in [5.74, 6) is 1.65. The third kappa shape index (κ3) is 2.85. The zero-order chi connectivity index (χ0) is 16.4. The number of rotatable bonds is 5. The van der Waals surface area contributed by atoms with Gasteiger partial charge in [-0.15, -0.1) is 5.10 Å². The van der Waals surface area contributed by atoms with Crippen molar-refractivity contribution < 1.29 is 9.47 Å². The lowest BCUT2D eigenvalue weighted by atomic mass is 10.1. The van der Waals surface area contributed by atoms with Gasteiger partial charge in [-0.05, 0) is 54.7 Å². The Balaban J connectivity index is 1.47. The molecule has 1 aliphatic rings. The van der Waals surface area contributed by atoms with E-state index in [1.165, 1.54) is 24.0 Å². The molecule has 24 heavy (non-hydrogen) atoms. The van der Waals surface area contributed by atoms with E-state index in [1.807, 2.05) is 36.5 Å². The van der Waals surface area contributed by atoms with Crippen LogP contribution in [0.2, 0.25) is 0 Å². The van der Waals surface area contributed by atoms with Crippen LogP contribution in [0.25, 0.3) is 5.69 Å². The van der Waals surface area contributed by atoms with Gasteiger partial charge in [0.25, 0.3) is 0 Å². The third-order valence-electron chi connectivity index (χ3n) is 4.33. The lowest BCUT2D eigenvalue weighted by molar-refractivity contribution is 0.301. The van der Waals surface area contributed by atoms with Crippen LogP contribution in [-0.4, -0.2) is 22.1 Å². The van der Waals surface area contributed by atoms with Crippen LogP contribution in [0.3, 0.4) is 0 Å². The molecule has 0 aliphatic heterocycles. The summed E-state index contributed by atoms with van der Waals surface area (Å²) in [5.41, 5.74) is 4.49. The Kier molecular flexibility index (Phi) is 3.91. The van der Waals surface area contributed by atoms with Crippen molar-refractivity contribution in [3.63, 3.8) is 0 Å². The smallest absolute Gasteiger partial charge is 0.144 e. The Morgan fingerprint density at radius 2 is 1.96 bits per heavy atom. The van der Waals surface area contributed by atoms with Crippen LogP contribution in [0.4, 0.5) is 0 Å². The molecule has 3 aromatic rings. The van der Waals surface area contributed by atoms with Gasteiger partial charge in [-0.25, -0.2) is 4.68 Å². The van der Waals surface area contributed by atoms with E-state index in [0.717, 1.165) is 29.3 Å². The minimum atomic E-state index is 0.397. The van der Waals surface area contributed by atoms with Gasteiger partial charge in [-0.3, -0.25) is 0 Å². The van der Waals surface area contributed by atoms with E-state index in [-0.39, 0.29) is 0 Å². The molecular weight excluding hydrogens is 302 g/mol. The first-order chi connectivity index (χ1) is 11.8. The highest BCUT2D eigenvalue weighted by atomic mass is 16.5. The zero-order valence-electron chi connectivity index (χ0n) is 13.6. The number of aryl methyl sites for hydroxylation is 2. The first-order valence-corrected chi connectivity index (χ1v) is 8.13. The quantitative estimate of drug-likeness (QED) is 0.723. The average Bonchev–Trinajstić information content (AvgIpc) is 3.28. The summed E-state index contributed by atoms with van der Waals surface area (Å²) in [4.78, 5) is 0. The summed E-state index contributed by atoms with van der Waals surface area (Å²) in [6, 6.07) is 14.1. The highest BCUT2D eigenvalue weighted by Gasteiger charge is 2.12. The number of ether oxygens (including phenoxy) is 2. The molecule has 4 rings (SSSR count). The molecular formula is C19H19N3O2. The molecule has 1 heterocycles. The molecule has 5 nitrogen and oxygen atoms in total. The number of fused-ring (bicyclic) bond motifs is 1. The number of benzene rings is 2. The SMILES string of the molecule is COc1ccccc1-n1cc(COc2ccc3c(c2)CCC3)nn1. The van der Waals surface area contributed by atoms with Crippen LogP contribution in [0.1, 0.15) is 23.2 Å². The monoisotopic (exact) mass is 321 g/mol. The zero-order valence-corrected chi connectivity index (χ0v) is 13.6. The van der Waals surface area contributed by atoms with Crippen LogP contribution in [0.15, 0.2) is 48.7 Å². The Labute approximate surface area is 140 Å². The second kappa shape index (κ2) is 6.35. The van der Waals surface area contributed by atoms with Gasteiger partial charge in [-0.2, -0.15) is 0 Å². The molecule has 0 N–H and O–H groups in total. The van der Waals surface area contributed by atoms with Crippen molar-refractivity contribution in [3.05, 3.63) is 65.5 Å². The van der Waals surface area contributed by atoms with Gasteiger partial charge in [-0.1, -0.05) is 23.4 Å². The number of hydrogen-bond acceptors (Lipinski definition) is 4. The van der Waals surface area contributed by atoms with Crippen LogP contribution in [0.5, 0.6) is 11.5 Å². The molecule has 1 aromatic heterocycles. The first kappa shape index (κ1) is 14.8. The fourth-order valence-corrected chi connectivity index (χ4v) is 3.10. The average molecular weight is 321 g/mol. The second-order valence-electron chi connectivity index (χ2n) is 5.90. The normalized spacial score (nSPS) is 12.9. The van der Waals surface area contributed by atoms with Crippen molar-refractivity contribution in [2.75, 3.05) is 7.11 Å². The van der Waals surface area contributed by atoms with Crippen LogP contribution >= 0.6 is 0 Å². The molecule has 5 heteroatoms. The van der Waals surface area contributed by atoms with Crippen molar-refractivity contribution in [3.8, 4) is 17.2 Å². The van der Waals surface area contributed by atoms with Crippen molar-refractivity contribution >= 4 is 0 Å². The first-order valence-electron chi connectivity index (χ1n) is 8.13. The summed E-state index contributed by atoms with van der Waals surface area (Å²) < 4.78 is 12.9. The molecule has 0 saturated heterocycles. The highest BCUT2D eigenvalue weighted by molar-refractivity contribution is 5.45. The van der Waals surface area contributed by atoms with Gasteiger partial charge in [0.1, 0.15) is 29.5 Å². The Bertz CT molecular complexity index is 857. The summed E-state index contributed by atoms with van der Waals surface area (Å²) in [6.45, 7) is 0.397. The number of hydrogen-bond donors (Lipinski definition) is 0. The molecule has 0 unspecified atom stereocenters. The number of aromatic nitrogens is 3. The van der Waals surface area contributed by atoms with Crippen LogP contribution < -0.4 is 9.47 Å². The molecule has 0 amide bonds. The van der Waals surface area contributed by atoms with Gasteiger partial charge in [0.2, 0.25) is 0 Å². The van der Waals surface area contributed by atoms with Crippen molar-refractivity contribution in [2.45, 2.75) is 25.9 Å². The molecule has 0 spiro atoms. The summed E-state index contributed by atoms with van der Waals surface area (Å²) >= 11 is 0. The van der Waals surface area contributed by atoms with Crippen molar-refractivity contribution in [1.29, 1.82) is 0 Å². The predicted octanol–water partition coefficient (Wildman–Crippen LogP) is 3.34. The summed E-state index contributed by atoms with van der Waals surface area (Å²) in [7, 11) is 1.65. The number of methoxy groups -OCH3 is 1. The van der Waals surface area contributed by atoms with E-state index in [9.17, 15) is 0 Å². The summed E-state index contributed by atoms with van der Waals surface area (Å²) in [6.07, 6.45) is 5.44. The molecule has 0 atom stereocenters. The summed E-state index contributed by atoms with van der Waals surface area (Å²) in [5, 5.41) is 8.36. The largest absolute Gasteiger partial charge is 0.494 e. The van der Waals surface area contributed by atoms with Crippen molar-refractivity contribution in [2.24, 2.45) is 0 Å². The topological polar surface area (TPSA) is 49.2 Å². The maximum Gasteiger partial charge on any atom is 0.144 e. The fraction of sp³-hybridized carbons (Fsp3) is 0.263. The van der Waals surface area contributed by atoms with Crippen LogP contribution in [0, 0.1) is 0 Å². The Morgan fingerprint density at radius 1 is 1.08 bits per heavy atom.